The molecule has 0 aliphatic heterocycles. The number of nitrogens with zero attached hydrogens (tertiary/aromatic N) is 1. The van der Waals surface area contributed by atoms with E-state index in [0.717, 1.165) is 5.56 Å². The van der Waals surface area contributed by atoms with Gasteiger partial charge in [0.1, 0.15) is 10.3 Å². The second-order valence-corrected chi connectivity index (χ2v) is 3.02. The van der Waals surface area contributed by atoms with Crippen LogP contribution in [0.2, 0.25) is 10.3 Å². The first-order chi connectivity index (χ1) is 5.65. The van der Waals surface area contributed by atoms with Gasteiger partial charge < -0.3 is 5.73 Å². The molecule has 1 aromatic rings. The van der Waals surface area contributed by atoms with Crippen LogP contribution in [0.5, 0.6) is 0 Å². The van der Waals surface area contributed by atoms with E-state index >= 15 is 0 Å². The van der Waals surface area contributed by atoms with Gasteiger partial charge in [-0.2, -0.15) is 0 Å². The first kappa shape index (κ1) is 12.7. The summed E-state index contributed by atoms with van der Waals surface area (Å²) in [6.45, 7) is 3.56. The van der Waals surface area contributed by atoms with Gasteiger partial charge in [-0.3, -0.25) is 0 Å². The van der Waals surface area contributed by atoms with Crippen LogP contribution in [0.1, 0.15) is 11.6 Å². The molecule has 0 radical (unpaired) electrons. The van der Waals surface area contributed by atoms with Crippen molar-refractivity contribution in [2.24, 2.45) is 5.73 Å². The maximum Gasteiger partial charge on any atom is 0.135 e. The lowest BCUT2D eigenvalue weighted by molar-refractivity contribution is 0.904. The van der Waals surface area contributed by atoms with E-state index in [0.29, 0.717) is 10.3 Å². The molecule has 72 valence electrons. The summed E-state index contributed by atoms with van der Waals surface area (Å²) in [6.07, 6.45) is 1.59. The molecule has 0 bridgehead atoms. The Hall–Kier alpha value is -0.280. The first-order valence-corrected chi connectivity index (χ1v) is 4.11. The monoisotopic (exact) mass is 238 g/mol. The minimum Gasteiger partial charge on any atom is -0.321 e. The van der Waals surface area contributed by atoms with Gasteiger partial charge in [-0.25, -0.2) is 4.98 Å². The largest absolute Gasteiger partial charge is 0.321 e. The molecule has 1 aromatic heterocycles. The zero-order valence-electron chi connectivity index (χ0n) is 6.71. The number of pyridine rings is 1. The summed E-state index contributed by atoms with van der Waals surface area (Å²) in [7, 11) is 0. The number of halogens is 3. The van der Waals surface area contributed by atoms with Crippen LogP contribution >= 0.6 is 35.6 Å². The number of hydrogen-bond acceptors (Lipinski definition) is 2. The van der Waals surface area contributed by atoms with Crippen LogP contribution < -0.4 is 5.73 Å². The zero-order valence-corrected chi connectivity index (χ0v) is 9.03. The summed E-state index contributed by atoms with van der Waals surface area (Å²) in [5.41, 5.74) is 6.39. The van der Waals surface area contributed by atoms with E-state index in [2.05, 4.69) is 11.6 Å². The van der Waals surface area contributed by atoms with Gasteiger partial charge in [-0.15, -0.1) is 19.0 Å². The molecule has 1 heterocycles. The van der Waals surface area contributed by atoms with Gasteiger partial charge in [0.25, 0.3) is 0 Å². The van der Waals surface area contributed by atoms with Crippen molar-refractivity contribution in [1.29, 1.82) is 0 Å². The summed E-state index contributed by atoms with van der Waals surface area (Å²) in [4.78, 5) is 3.85. The Bertz CT molecular complexity index is 301. The topological polar surface area (TPSA) is 38.9 Å². The van der Waals surface area contributed by atoms with Crippen molar-refractivity contribution in [3.8, 4) is 0 Å². The molecule has 0 unspecified atom stereocenters. The Morgan fingerprint density at radius 2 is 2.08 bits per heavy atom. The minimum absolute atomic E-state index is 0. The summed E-state index contributed by atoms with van der Waals surface area (Å²) in [5.74, 6) is 0. The molecule has 1 rings (SSSR count). The molecular formula is C8H9Cl3N2. The third-order valence-electron chi connectivity index (χ3n) is 1.46. The summed E-state index contributed by atoms with van der Waals surface area (Å²) >= 11 is 11.4. The van der Waals surface area contributed by atoms with Gasteiger partial charge in [0.05, 0.1) is 6.04 Å². The van der Waals surface area contributed by atoms with Crippen LogP contribution in [0.25, 0.3) is 0 Å². The quantitative estimate of drug-likeness (QED) is 0.636. The normalized spacial score (nSPS) is 11.6. The van der Waals surface area contributed by atoms with Crippen molar-refractivity contribution in [2.45, 2.75) is 6.04 Å². The van der Waals surface area contributed by atoms with Gasteiger partial charge in [0.15, 0.2) is 0 Å². The number of hydrogen-bond donors (Lipinski definition) is 1. The van der Waals surface area contributed by atoms with Crippen LogP contribution in [-0.2, 0) is 0 Å². The Kier molecular flexibility index (Phi) is 5.33. The van der Waals surface area contributed by atoms with Crippen LogP contribution in [-0.4, -0.2) is 4.98 Å². The molecule has 0 aromatic carbocycles. The Morgan fingerprint density at radius 1 is 1.46 bits per heavy atom. The van der Waals surface area contributed by atoms with Crippen molar-refractivity contribution in [2.75, 3.05) is 0 Å². The number of nitrogens with two attached hydrogens (primary N) is 1. The Morgan fingerprint density at radius 3 is 2.54 bits per heavy atom. The van der Waals surface area contributed by atoms with Crippen molar-refractivity contribution in [3.05, 3.63) is 40.7 Å². The molecule has 0 fully saturated rings. The maximum atomic E-state index is 5.78. The Balaban J connectivity index is 0.00000144. The van der Waals surface area contributed by atoms with Crippen LogP contribution in [0.15, 0.2) is 24.8 Å². The second kappa shape index (κ2) is 5.45. The molecule has 2 N–H and O–H groups in total. The average Bonchev–Trinajstić information content (AvgIpc) is 2.03. The second-order valence-electron chi connectivity index (χ2n) is 2.28. The van der Waals surface area contributed by atoms with Gasteiger partial charge in [-0.05, 0) is 6.07 Å². The summed E-state index contributed by atoms with van der Waals surface area (Å²) in [5, 5.41) is 0.690. The van der Waals surface area contributed by atoms with Gasteiger partial charge in [-0.1, -0.05) is 35.3 Å². The summed E-state index contributed by atoms with van der Waals surface area (Å²) in [6, 6.07) is 3.10. The van der Waals surface area contributed by atoms with E-state index in [1.165, 1.54) is 0 Å². The highest BCUT2D eigenvalue weighted by Gasteiger charge is 2.07. The van der Waals surface area contributed by atoms with E-state index in [-0.39, 0.29) is 18.4 Å². The van der Waals surface area contributed by atoms with Gasteiger partial charge >= 0.3 is 0 Å². The molecule has 0 aliphatic carbocycles. The highest BCUT2D eigenvalue weighted by Crippen LogP contribution is 2.21. The molecule has 0 saturated heterocycles. The van der Waals surface area contributed by atoms with Gasteiger partial charge in [0, 0.05) is 5.56 Å². The van der Waals surface area contributed by atoms with Crippen LogP contribution in [0, 0.1) is 0 Å². The van der Waals surface area contributed by atoms with Crippen LogP contribution in [0.3, 0.4) is 0 Å². The molecule has 1 atom stereocenters. The molecule has 5 heteroatoms. The third kappa shape index (κ3) is 3.16. The van der Waals surface area contributed by atoms with E-state index < -0.39 is 0 Å². The molecule has 13 heavy (non-hydrogen) atoms. The standard InChI is InChI=1S/C8H8Cl2N2.ClH/c1-2-6(11)5-3-4-7(9)12-8(5)10;/h2-4,6H,1,11H2;1H/t6-;/m1./s1. The van der Waals surface area contributed by atoms with E-state index in [9.17, 15) is 0 Å². The zero-order chi connectivity index (χ0) is 9.14. The lowest BCUT2D eigenvalue weighted by atomic mass is 10.1. The van der Waals surface area contributed by atoms with Crippen molar-refractivity contribution in [3.63, 3.8) is 0 Å². The fourth-order valence-corrected chi connectivity index (χ4v) is 1.27. The predicted octanol–water partition coefficient (Wildman–Crippen LogP) is 3.00. The van der Waals surface area contributed by atoms with Crippen molar-refractivity contribution >= 4 is 35.6 Å². The van der Waals surface area contributed by atoms with E-state index in [4.69, 9.17) is 28.9 Å². The minimum atomic E-state index is -0.290. The fraction of sp³-hybridized carbons (Fsp3) is 0.125. The predicted molar refractivity (Wildman–Crippen MR) is 58.6 cm³/mol. The number of aromatic nitrogens is 1. The Labute approximate surface area is 93.2 Å². The molecule has 0 saturated carbocycles. The smallest absolute Gasteiger partial charge is 0.135 e. The van der Waals surface area contributed by atoms with E-state index in [1.54, 1.807) is 18.2 Å². The molecule has 0 spiro atoms. The lowest BCUT2D eigenvalue weighted by Crippen LogP contribution is -2.07. The molecule has 0 aliphatic rings. The summed E-state index contributed by atoms with van der Waals surface area (Å²) < 4.78 is 0. The number of rotatable bonds is 2. The highest BCUT2D eigenvalue weighted by atomic mass is 35.5. The molecule has 2 nitrogen and oxygen atoms in total. The van der Waals surface area contributed by atoms with Crippen molar-refractivity contribution < 1.29 is 0 Å². The molecular weight excluding hydrogens is 230 g/mol. The third-order valence-corrected chi connectivity index (χ3v) is 1.97. The maximum absolute atomic E-state index is 5.78. The first-order valence-electron chi connectivity index (χ1n) is 3.35. The average molecular weight is 240 g/mol. The SMILES string of the molecule is C=C[C@@H](N)c1ccc(Cl)nc1Cl.Cl. The van der Waals surface area contributed by atoms with Crippen molar-refractivity contribution in [1.82, 2.24) is 4.98 Å². The van der Waals surface area contributed by atoms with E-state index in [1.807, 2.05) is 0 Å². The highest BCUT2D eigenvalue weighted by molar-refractivity contribution is 6.32. The lowest BCUT2D eigenvalue weighted by Gasteiger charge is -2.07. The molecule has 0 amide bonds. The van der Waals surface area contributed by atoms with Crippen LogP contribution in [0.4, 0.5) is 0 Å². The van der Waals surface area contributed by atoms with Gasteiger partial charge in [0.2, 0.25) is 0 Å². The fourth-order valence-electron chi connectivity index (χ4n) is 0.799.